The van der Waals surface area contributed by atoms with Crippen molar-refractivity contribution in [3.05, 3.63) is 58.5 Å². The van der Waals surface area contributed by atoms with E-state index in [2.05, 4.69) is 5.32 Å². The minimum absolute atomic E-state index is 0.265. The Labute approximate surface area is 120 Å². The molecule has 0 radical (unpaired) electrons. The van der Waals surface area contributed by atoms with Crippen molar-refractivity contribution >= 4 is 23.5 Å². The molecule has 1 heterocycles. The zero-order chi connectivity index (χ0) is 14.7. The van der Waals surface area contributed by atoms with Gasteiger partial charge in [0.15, 0.2) is 6.04 Å². The SMILES string of the molecule is Cc1cc(C(=O)N[C@@H](C(=O)O)c2ccccc2Cl)co1. The molecule has 0 aliphatic heterocycles. The average molecular weight is 294 g/mol. The summed E-state index contributed by atoms with van der Waals surface area (Å²) >= 11 is 5.96. The molecule has 0 unspecified atom stereocenters. The lowest BCUT2D eigenvalue weighted by Gasteiger charge is -2.15. The molecule has 20 heavy (non-hydrogen) atoms. The Hall–Kier alpha value is -2.27. The number of aliphatic carboxylic acids is 1. The van der Waals surface area contributed by atoms with Crippen LogP contribution in [0.15, 0.2) is 41.0 Å². The molecule has 0 saturated heterocycles. The molecular formula is C14H12ClNO4. The van der Waals surface area contributed by atoms with Gasteiger partial charge in [0.25, 0.3) is 5.91 Å². The molecular weight excluding hydrogens is 282 g/mol. The van der Waals surface area contributed by atoms with Crippen LogP contribution in [0.4, 0.5) is 0 Å². The number of furan rings is 1. The lowest BCUT2D eigenvalue weighted by molar-refractivity contribution is -0.139. The molecule has 2 aromatic rings. The number of carbonyl (C=O) groups is 2. The van der Waals surface area contributed by atoms with Gasteiger partial charge in [-0.25, -0.2) is 4.79 Å². The molecule has 0 fully saturated rings. The summed E-state index contributed by atoms with van der Waals surface area (Å²) in [5.41, 5.74) is 0.594. The van der Waals surface area contributed by atoms with Crippen molar-refractivity contribution in [2.24, 2.45) is 0 Å². The molecule has 5 nitrogen and oxygen atoms in total. The highest BCUT2D eigenvalue weighted by molar-refractivity contribution is 6.31. The van der Waals surface area contributed by atoms with Gasteiger partial charge in [-0.1, -0.05) is 29.8 Å². The predicted molar refractivity (Wildman–Crippen MR) is 72.7 cm³/mol. The van der Waals surface area contributed by atoms with Crippen molar-refractivity contribution in [3.8, 4) is 0 Å². The molecule has 0 aliphatic carbocycles. The summed E-state index contributed by atoms with van der Waals surface area (Å²) in [6, 6.07) is 6.78. The summed E-state index contributed by atoms with van der Waals surface area (Å²) in [6.07, 6.45) is 1.27. The lowest BCUT2D eigenvalue weighted by Crippen LogP contribution is -2.33. The third-order valence-electron chi connectivity index (χ3n) is 2.73. The van der Waals surface area contributed by atoms with Gasteiger partial charge in [0.2, 0.25) is 0 Å². The minimum Gasteiger partial charge on any atom is -0.479 e. The monoisotopic (exact) mass is 293 g/mol. The van der Waals surface area contributed by atoms with Crippen LogP contribution in [0.2, 0.25) is 5.02 Å². The van der Waals surface area contributed by atoms with Crippen LogP contribution in [0.1, 0.15) is 27.7 Å². The van der Waals surface area contributed by atoms with Gasteiger partial charge in [-0.3, -0.25) is 4.79 Å². The van der Waals surface area contributed by atoms with Crippen molar-refractivity contribution in [3.63, 3.8) is 0 Å². The Morgan fingerprint density at radius 1 is 1.35 bits per heavy atom. The van der Waals surface area contributed by atoms with Crippen molar-refractivity contribution in [2.45, 2.75) is 13.0 Å². The van der Waals surface area contributed by atoms with E-state index < -0.39 is 17.9 Å². The quantitative estimate of drug-likeness (QED) is 0.908. The third kappa shape index (κ3) is 3.00. The maximum absolute atomic E-state index is 12.0. The first-order valence-corrected chi connectivity index (χ1v) is 6.20. The molecule has 2 rings (SSSR count). The molecule has 0 spiro atoms. The topological polar surface area (TPSA) is 79.5 Å². The maximum Gasteiger partial charge on any atom is 0.330 e. The van der Waals surface area contributed by atoms with Crippen molar-refractivity contribution in [2.75, 3.05) is 0 Å². The molecule has 0 bridgehead atoms. The molecule has 2 N–H and O–H groups in total. The molecule has 1 atom stereocenters. The second-order valence-corrected chi connectivity index (χ2v) is 4.62. The fraction of sp³-hybridized carbons (Fsp3) is 0.143. The molecule has 1 aromatic heterocycles. The van der Waals surface area contributed by atoms with E-state index in [1.165, 1.54) is 12.3 Å². The number of carbonyl (C=O) groups excluding carboxylic acids is 1. The van der Waals surface area contributed by atoms with Gasteiger partial charge < -0.3 is 14.8 Å². The molecule has 0 aliphatic rings. The van der Waals surface area contributed by atoms with E-state index in [1.807, 2.05) is 0 Å². The first-order chi connectivity index (χ1) is 9.49. The summed E-state index contributed by atoms with van der Waals surface area (Å²) < 4.78 is 5.02. The van der Waals surface area contributed by atoms with E-state index in [9.17, 15) is 14.7 Å². The highest BCUT2D eigenvalue weighted by Crippen LogP contribution is 2.23. The standard InChI is InChI=1S/C14H12ClNO4/c1-8-6-9(7-20-8)13(17)16-12(14(18)19)10-4-2-3-5-11(10)15/h2-7,12H,1H3,(H,16,17)(H,18,19)/t12-/m1/s1. The van der Waals surface area contributed by atoms with Gasteiger partial charge in [-0.15, -0.1) is 0 Å². The van der Waals surface area contributed by atoms with Crippen LogP contribution in [0.25, 0.3) is 0 Å². The van der Waals surface area contributed by atoms with Gasteiger partial charge in [0.1, 0.15) is 12.0 Å². The second-order valence-electron chi connectivity index (χ2n) is 4.21. The van der Waals surface area contributed by atoms with Gasteiger partial charge in [-0.05, 0) is 19.1 Å². The van der Waals surface area contributed by atoms with E-state index in [-0.39, 0.29) is 10.6 Å². The Morgan fingerprint density at radius 2 is 2.05 bits per heavy atom. The zero-order valence-corrected chi connectivity index (χ0v) is 11.3. The number of nitrogens with one attached hydrogen (secondary N) is 1. The highest BCUT2D eigenvalue weighted by Gasteiger charge is 2.25. The Bertz CT molecular complexity index is 650. The summed E-state index contributed by atoms with van der Waals surface area (Å²) in [7, 11) is 0. The zero-order valence-electron chi connectivity index (χ0n) is 10.6. The van der Waals surface area contributed by atoms with Gasteiger partial charge in [0, 0.05) is 10.6 Å². The summed E-state index contributed by atoms with van der Waals surface area (Å²) in [5.74, 6) is -1.15. The molecule has 1 aromatic carbocycles. The number of hydrogen-bond acceptors (Lipinski definition) is 3. The summed E-state index contributed by atoms with van der Waals surface area (Å²) in [6.45, 7) is 1.69. The van der Waals surface area contributed by atoms with E-state index in [4.69, 9.17) is 16.0 Å². The van der Waals surface area contributed by atoms with Gasteiger partial charge in [-0.2, -0.15) is 0 Å². The Kier molecular flexibility index (Phi) is 4.10. The molecule has 0 saturated carbocycles. The summed E-state index contributed by atoms with van der Waals surface area (Å²) in [5, 5.41) is 12.0. The Balaban J connectivity index is 2.25. The fourth-order valence-electron chi connectivity index (χ4n) is 1.76. The van der Waals surface area contributed by atoms with E-state index in [0.717, 1.165) is 0 Å². The van der Waals surface area contributed by atoms with Crippen LogP contribution in [-0.4, -0.2) is 17.0 Å². The number of benzene rings is 1. The number of rotatable bonds is 4. The van der Waals surface area contributed by atoms with Gasteiger partial charge in [0.05, 0.1) is 5.56 Å². The summed E-state index contributed by atoms with van der Waals surface area (Å²) in [4.78, 5) is 23.3. The highest BCUT2D eigenvalue weighted by atomic mass is 35.5. The van der Waals surface area contributed by atoms with E-state index >= 15 is 0 Å². The van der Waals surface area contributed by atoms with Crippen molar-refractivity contribution < 1.29 is 19.1 Å². The molecule has 104 valence electrons. The van der Waals surface area contributed by atoms with Crippen LogP contribution in [0.5, 0.6) is 0 Å². The number of hydrogen-bond donors (Lipinski definition) is 2. The number of halogens is 1. The minimum atomic E-state index is -1.22. The van der Waals surface area contributed by atoms with Crippen LogP contribution in [-0.2, 0) is 4.79 Å². The van der Waals surface area contributed by atoms with Gasteiger partial charge >= 0.3 is 5.97 Å². The number of amides is 1. The van der Waals surface area contributed by atoms with Crippen LogP contribution in [0.3, 0.4) is 0 Å². The number of carboxylic acids is 1. The normalized spacial score (nSPS) is 11.9. The largest absolute Gasteiger partial charge is 0.479 e. The van der Waals surface area contributed by atoms with Crippen LogP contribution < -0.4 is 5.32 Å². The lowest BCUT2D eigenvalue weighted by atomic mass is 10.1. The first-order valence-electron chi connectivity index (χ1n) is 5.82. The first kappa shape index (κ1) is 14.1. The van der Waals surface area contributed by atoms with Crippen molar-refractivity contribution in [1.82, 2.24) is 5.32 Å². The Morgan fingerprint density at radius 3 is 2.60 bits per heavy atom. The smallest absolute Gasteiger partial charge is 0.330 e. The number of aryl methyl sites for hydroxylation is 1. The fourth-order valence-corrected chi connectivity index (χ4v) is 2.00. The predicted octanol–water partition coefficient (Wildman–Crippen LogP) is 2.80. The average Bonchev–Trinajstić information content (AvgIpc) is 2.83. The van der Waals surface area contributed by atoms with Crippen LogP contribution in [0, 0.1) is 6.92 Å². The molecule has 6 heteroatoms. The van der Waals surface area contributed by atoms with E-state index in [0.29, 0.717) is 11.3 Å². The van der Waals surface area contributed by atoms with Crippen LogP contribution >= 0.6 is 11.6 Å². The maximum atomic E-state index is 12.0. The third-order valence-corrected chi connectivity index (χ3v) is 3.08. The number of carboxylic acid groups (broad SMARTS) is 1. The van der Waals surface area contributed by atoms with Crippen molar-refractivity contribution in [1.29, 1.82) is 0 Å². The second kappa shape index (κ2) is 5.79. The van der Waals surface area contributed by atoms with E-state index in [1.54, 1.807) is 31.2 Å². The molecule has 1 amide bonds.